The number of ether oxygens (including phenoxy) is 1. The van der Waals surface area contributed by atoms with Crippen LogP contribution in [0.3, 0.4) is 0 Å². The van der Waals surface area contributed by atoms with E-state index in [1.54, 1.807) is 54.3 Å². The van der Waals surface area contributed by atoms with Gasteiger partial charge >= 0.3 is 5.97 Å². The number of furan rings is 1. The van der Waals surface area contributed by atoms with Crippen LogP contribution in [0.2, 0.25) is 0 Å². The molecule has 134 valence electrons. The van der Waals surface area contributed by atoms with Crippen molar-refractivity contribution in [2.75, 3.05) is 6.61 Å². The molecule has 0 spiro atoms. The van der Waals surface area contributed by atoms with Gasteiger partial charge < -0.3 is 14.3 Å². The van der Waals surface area contributed by atoms with Crippen LogP contribution >= 0.6 is 23.6 Å². The van der Waals surface area contributed by atoms with Crippen LogP contribution in [0.25, 0.3) is 0 Å². The molecular weight excluding hydrogens is 372 g/mol. The number of thiazole rings is 1. The Hall–Kier alpha value is -2.71. The van der Waals surface area contributed by atoms with E-state index in [1.165, 1.54) is 11.3 Å². The van der Waals surface area contributed by atoms with Gasteiger partial charge in [0, 0.05) is 0 Å². The normalized spacial score (nSPS) is 11.1. The Bertz CT molecular complexity index is 970. The van der Waals surface area contributed by atoms with Gasteiger partial charge in [0.05, 0.1) is 36.9 Å². The molecule has 0 amide bonds. The van der Waals surface area contributed by atoms with Gasteiger partial charge in [-0.2, -0.15) is 0 Å². The molecule has 0 aliphatic rings. The topological polar surface area (TPSA) is 77.0 Å². The van der Waals surface area contributed by atoms with Crippen molar-refractivity contribution in [3.63, 3.8) is 0 Å². The number of carbonyl (C=O) groups is 1. The van der Waals surface area contributed by atoms with Crippen molar-refractivity contribution >= 4 is 41.4 Å². The predicted octanol–water partition coefficient (Wildman–Crippen LogP) is 4.55. The predicted molar refractivity (Wildman–Crippen MR) is 102 cm³/mol. The van der Waals surface area contributed by atoms with Crippen LogP contribution in [0.4, 0.5) is 5.69 Å². The van der Waals surface area contributed by atoms with Crippen LogP contribution in [-0.4, -0.2) is 28.5 Å². The lowest BCUT2D eigenvalue weighted by Gasteiger charge is -2.02. The molecule has 1 aromatic carbocycles. The van der Waals surface area contributed by atoms with Gasteiger partial charge in [-0.05, 0) is 55.5 Å². The third-order valence-corrected chi connectivity index (χ3v) is 4.87. The molecule has 26 heavy (non-hydrogen) atoms. The van der Waals surface area contributed by atoms with Crippen LogP contribution in [0, 0.1) is 3.95 Å². The fraction of sp³-hybridized carbons (Fsp3) is 0.167. The van der Waals surface area contributed by atoms with Crippen molar-refractivity contribution < 1.29 is 19.1 Å². The molecule has 0 fully saturated rings. The van der Waals surface area contributed by atoms with Crippen molar-refractivity contribution in [2.45, 2.75) is 13.5 Å². The molecule has 0 saturated carbocycles. The number of rotatable bonds is 6. The molecule has 0 aliphatic carbocycles. The minimum absolute atomic E-state index is 0.0447. The fourth-order valence-corrected chi connectivity index (χ4v) is 3.40. The van der Waals surface area contributed by atoms with Gasteiger partial charge in [-0.15, -0.1) is 0 Å². The van der Waals surface area contributed by atoms with Crippen molar-refractivity contribution in [3.8, 4) is 5.88 Å². The Morgan fingerprint density at radius 1 is 1.38 bits per heavy atom. The van der Waals surface area contributed by atoms with Crippen molar-refractivity contribution in [1.29, 1.82) is 0 Å². The molecule has 8 heteroatoms. The summed E-state index contributed by atoms with van der Waals surface area (Å²) in [5.41, 5.74) is 1.11. The zero-order valence-corrected chi connectivity index (χ0v) is 15.5. The van der Waals surface area contributed by atoms with Crippen molar-refractivity contribution in [1.82, 2.24) is 4.57 Å². The number of aliphatic imine (C=N–C) groups is 1. The monoisotopic (exact) mass is 388 g/mol. The highest BCUT2D eigenvalue weighted by atomic mass is 32.1. The van der Waals surface area contributed by atoms with Gasteiger partial charge in [0.1, 0.15) is 10.6 Å². The summed E-state index contributed by atoms with van der Waals surface area (Å²) in [5.74, 6) is 0.379. The van der Waals surface area contributed by atoms with E-state index in [2.05, 4.69) is 4.99 Å². The number of aromatic hydroxyl groups is 1. The maximum Gasteiger partial charge on any atom is 0.338 e. The quantitative estimate of drug-likeness (QED) is 0.381. The number of hydrogen-bond acceptors (Lipinski definition) is 7. The molecule has 6 nitrogen and oxygen atoms in total. The number of esters is 1. The van der Waals surface area contributed by atoms with Crippen LogP contribution in [0.5, 0.6) is 5.88 Å². The van der Waals surface area contributed by atoms with E-state index in [4.69, 9.17) is 21.4 Å². The zero-order valence-electron chi connectivity index (χ0n) is 13.9. The number of carbonyl (C=O) groups excluding carboxylic acids is 1. The third kappa shape index (κ3) is 4.09. The van der Waals surface area contributed by atoms with E-state index < -0.39 is 0 Å². The fourth-order valence-electron chi connectivity index (χ4n) is 2.23. The Balaban J connectivity index is 1.76. The van der Waals surface area contributed by atoms with Crippen LogP contribution in [-0.2, 0) is 11.3 Å². The summed E-state index contributed by atoms with van der Waals surface area (Å²) in [5, 5.41) is 10.4. The van der Waals surface area contributed by atoms with Crippen LogP contribution in [0.1, 0.15) is 27.9 Å². The molecule has 0 unspecified atom stereocenters. The number of aromatic nitrogens is 1. The number of hydrogen-bond donors (Lipinski definition) is 1. The molecule has 2 aromatic heterocycles. The van der Waals surface area contributed by atoms with Gasteiger partial charge in [0.2, 0.25) is 5.88 Å². The molecule has 0 bridgehead atoms. The van der Waals surface area contributed by atoms with Gasteiger partial charge in [-0.1, -0.05) is 11.3 Å². The van der Waals surface area contributed by atoms with Gasteiger partial charge in [-0.3, -0.25) is 9.56 Å². The summed E-state index contributed by atoms with van der Waals surface area (Å²) in [4.78, 5) is 16.5. The first-order valence-corrected chi connectivity index (χ1v) is 9.07. The average Bonchev–Trinajstić information content (AvgIpc) is 3.24. The zero-order chi connectivity index (χ0) is 18.5. The Kier molecular flexibility index (Phi) is 5.65. The first-order chi connectivity index (χ1) is 12.6. The smallest absolute Gasteiger partial charge is 0.338 e. The number of benzene rings is 1. The summed E-state index contributed by atoms with van der Waals surface area (Å²) >= 11 is 6.56. The minimum Gasteiger partial charge on any atom is -0.493 e. The minimum atomic E-state index is -0.367. The Morgan fingerprint density at radius 3 is 2.81 bits per heavy atom. The Labute approximate surface area is 159 Å². The third-order valence-electron chi connectivity index (χ3n) is 3.50. The molecule has 0 radical (unpaired) electrons. The maximum atomic E-state index is 11.6. The van der Waals surface area contributed by atoms with Crippen molar-refractivity contribution in [3.05, 3.63) is 62.8 Å². The van der Waals surface area contributed by atoms with E-state index in [0.29, 0.717) is 39.0 Å². The van der Waals surface area contributed by atoms with E-state index in [1.807, 2.05) is 6.07 Å². The second-order valence-electron chi connectivity index (χ2n) is 5.25. The van der Waals surface area contributed by atoms with Gasteiger partial charge in [-0.25, -0.2) is 4.79 Å². The first kappa shape index (κ1) is 18.1. The van der Waals surface area contributed by atoms with Crippen LogP contribution < -0.4 is 0 Å². The number of nitrogens with zero attached hydrogens (tertiary/aromatic N) is 2. The summed E-state index contributed by atoms with van der Waals surface area (Å²) in [6.07, 6.45) is 3.12. The molecule has 0 aliphatic heterocycles. The second-order valence-corrected chi connectivity index (χ2v) is 6.92. The van der Waals surface area contributed by atoms with E-state index in [-0.39, 0.29) is 11.8 Å². The van der Waals surface area contributed by atoms with Gasteiger partial charge in [0.25, 0.3) is 0 Å². The highest BCUT2D eigenvalue weighted by Crippen LogP contribution is 2.26. The Morgan fingerprint density at radius 2 is 2.15 bits per heavy atom. The second kappa shape index (κ2) is 8.11. The van der Waals surface area contributed by atoms with Crippen LogP contribution in [0.15, 0.2) is 52.1 Å². The van der Waals surface area contributed by atoms with E-state index in [0.717, 1.165) is 0 Å². The SMILES string of the molecule is CCOC(=O)c1ccc(N=Cc2sc(=S)n(Cc3ccco3)c2O)cc1. The maximum absolute atomic E-state index is 11.6. The molecule has 3 aromatic rings. The summed E-state index contributed by atoms with van der Waals surface area (Å²) < 4.78 is 12.3. The summed E-state index contributed by atoms with van der Waals surface area (Å²) in [6, 6.07) is 10.3. The average molecular weight is 388 g/mol. The molecule has 2 heterocycles. The molecule has 3 rings (SSSR count). The standard InChI is InChI=1S/C18H16N2O4S2/c1-2-23-17(22)12-5-7-13(8-6-12)19-10-15-16(21)20(18(25)26-15)11-14-4-3-9-24-14/h3-10,21H,2,11H2,1H3. The molecule has 0 saturated heterocycles. The largest absolute Gasteiger partial charge is 0.493 e. The highest BCUT2D eigenvalue weighted by molar-refractivity contribution is 7.73. The molecule has 1 N–H and O–H groups in total. The summed E-state index contributed by atoms with van der Waals surface area (Å²) in [7, 11) is 0. The lowest BCUT2D eigenvalue weighted by molar-refractivity contribution is 0.0526. The summed E-state index contributed by atoms with van der Waals surface area (Å²) in [6.45, 7) is 2.45. The van der Waals surface area contributed by atoms with Crippen molar-refractivity contribution in [2.24, 2.45) is 4.99 Å². The lowest BCUT2D eigenvalue weighted by Crippen LogP contribution is -2.03. The molecular formula is C18H16N2O4S2. The van der Waals surface area contributed by atoms with Gasteiger partial charge in [0.15, 0.2) is 3.95 Å². The van der Waals surface area contributed by atoms with E-state index in [9.17, 15) is 9.90 Å². The van der Waals surface area contributed by atoms with E-state index >= 15 is 0 Å². The lowest BCUT2D eigenvalue weighted by atomic mass is 10.2. The molecule has 0 atom stereocenters. The highest BCUT2D eigenvalue weighted by Gasteiger charge is 2.12. The first-order valence-electron chi connectivity index (χ1n) is 7.84.